The van der Waals surface area contributed by atoms with E-state index in [-0.39, 0.29) is 5.91 Å². The average Bonchev–Trinajstić information content (AvgIpc) is 3.29. The molecule has 1 amide bonds. The zero-order valence-electron chi connectivity index (χ0n) is 13.5. The second-order valence-corrected chi connectivity index (χ2v) is 6.26. The van der Waals surface area contributed by atoms with E-state index in [2.05, 4.69) is 19.9 Å². The summed E-state index contributed by atoms with van der Waals surface area (Å²) in [6, 6.07) is 15.6. The third-order valence-electron chi connectivity index (χ3n) is 3.95. The van der Waals surface area contributed by atoms with Crippen molar-refractivity contribution in [3.8, 4) is 5.69 Å². The van der Waals surface area contributed by atoms with Gasteiger partial charge < -0.3 is 5.32 Å². The zero-order chi connectivity index (χ0) is 17.2. The first-order valence-electron chi connectivity index (χ1n) is 7.91. The van der Waals surface area contributed by atoms with Crippen LogP contribution in [0.25, 0.3) is 16.7 Å². The predicted octanol–water partition coefficient (Wildman–Crippen LogP) is 3.69. The van der Waals surface area contributed by atoms with Gasteiger partial charge in [0.15, 0.2) is 0 Å². The Bertz CT molecular complexity index is 1040. The summed E-state index contributed by atoms with van der Waals surface area (Å²) in [7, 11) is 0. The highest BCUT2D eigenvalue weighted by molar-refractivity contribution is 7.08. The van der Waals surface area contributed by atoms with Gasteiger partial charge in [-0.25, -0.2) is 4.98 Å². The van der Waals surface area contributed by atoms with Crippen molar-refractivity contribution >= 4 is 34.2 Å². The van der Waals surface area contributed by atoms with E-state index in [1.807, 2.05) is 60.0 Å². The summed E-state index contributed by atoms with van der Waals surface area (Å²) < 4.78 is 5.87. The molecule has 2 aromatic heterocycles. The maximum atomic E-state index is 12.3. The number of imidazole rings is 1. The molecule has 0 bridgehead atoms. The standard InChI is InChI=1S/C18H15N5OS/c1-2-14-17(25-22-21-14)18(24)20-12-7-9-13(10-8-12)23-11-19-15-5-3-4-6-16(15)23/h3-11H,2H2,1H3,(H,20,24). The minimum Gasteiger partial charge on any atom is -0.321 e. The van der Waals surface area contributed by atoms with Gasteiger partial charge in [0.1, 0.15) is 11.2 Å². The van der Waals surface area contributed by atoms with Crippen molar-refractivity contribution < 1.29 is 4.79 Å². The van der Waals surface area contributed by atoms with Gasteiger partial charge in [-0.05, 0) is 54.4 Å². The Hall–Kier alpha value is -3.06. The third kappa shape index (κ3) is 2.89. The maximum absolute atomic E-state index is 12.3. The highest BCUT2D eigenvalue weighted by Crippen LogP contribution is 2.20. The molecule has 0 saturated carbocycles. The number of hydrogen-bond donors (Lipinski definition) is 1. The van der Waals surface area contributed by atoms with Crippen molar-refractivity contribution in [1.29, 1.82) is 0 Å². The number of rotatable bonds is 4. The van der Waals surface area contributed by atoms with Crippen molar-refractivity contribution in [3.05, 3.63) is 65.4 Å². The van der Waals surface area contributed by atoms with Gasteiger partial charge in [0.05, 0.1) is 16.7 Å². The number of anilines is 1. The van der Waals surface area contributed by atoms with Crippen LogP contribution in [0, 0.1) is 0 Å². The number of aromatic nitrogens is 4. The van der Waals surface area contributed by atoms with Crippen LogP contribution in [0.15, 0.2) is 54.9 Å². The Morgan fingerprint density at radius 1 is 1.16 bits per heavy atom. The minimum absolute atomic E-state index is 0.173. The molecule has 0 unspecified atom stereocenters. The molecular weight excluding hydrogens is 334 g/mol. The molecule has 6 nitrogen and oxygen atoms in total. The fourth-order valence-electron chi connectivity index (χ4n) is 2.67. The van der Waals surface area contributed by atoms with Gasteiger partial charge in [0.2, 0.25) is 0 Å². The van der Waals surface area contributed by atoms with E-state index >= 15 is 0 Å². The second kappa shape index (κ2) is 6.45. The minimum atomic E-state index is -0.173. The summed E-state index contributed by atoms with van der Waals surface area (Å²) in [5.74, 6) is -0.173. The van der Waals surface area contributed by atoms with E-state index in [0.29, 0.717) is 11.3 Å². The normalized spacial score (nSPS) is 10.9. The summed E-state index contributed by atoms with van der Waals surface area (Å²) in [6.45, 7) is 1.96. The molecule has 4 rings (SSSR count). The van der Waals surface area contributed by atoms with E-state index in [4.69, 9.17) is 0 Å². The molecule has 7 heteroatoms. The van der Waals surface area contributed by atoms with Crippen molar-refractivity contribution in [2.45, 2.75) is 13.3 Å². The molecule has 0 aliphatic carbocycles. The number of benzene rings is 2. The predicted molar refractivity (Wildman–Crippen MR) is 98.3 cm³/mol. The van der Waals surface area contributed by atoms with Gasteiger partial charge in [0.25, 0.3) is 5.91 Å². The Morgan fingerprint density at radius 3 is 2.76 bits per heavy atom. The molecule has 0 radical (unpaired) electrons. The number of amides is 1. The van der Waals surface area contributed by atoms with Gasteiger partial charge in [-0.15, -0.1) is 5.10 Å². The molecule has 0 atom stereocenters. The van der Waals surface area contributed by atoms with E-state index in [0.717, 1.165) is 39.6 Å². The molecule has 4 aromatic rings. The monoisotopic (exact) mass is 349 g/mol. The van der Waals surface area contributed by atoms with Crippen molar-refractivity contribution in [2.75, 3.05) is 5.32 Å². The van der Waals surface area contributed by atoms with Crippen molar-refractivity contribution in [1.82, 2.24) is 19.1 Å². The van der Waals surface area contributed by atoms with Crippen molar-refractivity contribution in [2.24, 2.45) is 0 Å². The molecule has 1 N–H and O–H groups in total. The molecular formula is C18H15N5OS. The third-order valence-corrected chi connectivity index (χ3v) is 4.72. The van der Waals surface area contributed by atoms with Gasteiger partial charge in [-0.1, -0.05) is 23.5 Å². The summed E-state index contributed by atoms with van der Waals surface area (Å²) in [5, 5.41) is 6.87. The highest BCUT2D eigenvalue weighted by Gasteiger charge is 2.15. The largest absolute Gasteiger partial charge is 0.321 e. The van der Waals surface area contributed by atoms with Crippen LogP contribution in [0.2, 0.25) is 0 Å². The number of carbonyl (C=O) groups is 1. The van der Waals surface area contributed by atoms with Crippen LogP contribution < -0.4 is 5.32 Å². The van der Waals surface area contributed by atoms with Gasteiger partial charge in [-0.2, -0.15) is 0 Å². The first-order chi connectivity index (χ1) is 12.3. The lowest BCUT2D eigenvalue weighted by Crippen LogP contribution is -2.12. The van der Waals surface area contributed by atoms with Crippen LogP contribution in [0.3, 0.4) is 0 Å². The lowest BCUT2D eigenvalue weighted by molar-refractivity contribution is 0.102. The van der Waals surface area contributed by atoms with Crippen LogP contribution in [0.4, 0.5) is 5.69 Å². The average molecular weight is 349 g/mol. The Kier molecular flexibility index (Phi) is 3.99. The van der Waals surface area contributed by atoms with Crippen LogP contribution >= 0.6 is 11.5 Å². The smallest absolute Gasteiger partial charge is 0.269 e. The molecule has 2 heterocycles. The number of nitrogens with one attached hydrogen (secondary N) is 1. The SMILES string of the molecule is CCc1nnsc1C(=O)Nc1ccc(-n2cnc3ccccc32)cc1. The highest BCUT2D eigenvalue weighted by atomic mass is 32.1. The lowest BCUT2D eigenvalue weighted by atomic mass is 10.2. The fourth-order valence-corrected chi connectivity index (χ4v) is 3.32. The Labute approximate surface area is 148 Å². The molecule has 0 fully saturated rings. The van der Waals surface area contributed by atoms with E-state index in [1.165, 1.54) is 0 Å². The molecule has 0 saturated heterocycles. The van der Waals surface area contributed by atoms with Gasteiger partial charge in [-0.3, -0.25) is 9.36 Å². The van der Waals surface area contributed by atoms with Crippen molar-refractivity contribution in [3.63, 3.8) is 0 Å². The van der Waals surface area contributed by atoms with E-state index in [9.17, 15) is 4.79 Å². The number of para-hydroxylation sites is 2. The molecule has 124 valence electrons. The maximum Gasteiger partial charge on any atom is 0.269 e. The van der Waals surface area contributed by atoms with Gasteiger partial charge >= 0.3 is 0 Å². The number of carbonyl (C=O) groups excluding carboxylic acids is 1. The second-order valence-electron chi connectivity index (χ2n) is 5.51. The van der Waals surface area contributed by atoms with E-state index in [1.54, 1.807) is 6.33 Å². The quantitative estimate of drug-likeness (QED) is 0.610. The molecule has 0 aliphatic heterocycles. The summed E-state index contributed by atoms with van der Waals surface area (Å²) in [6.07, 6.45) is 2.49. The molecule has 25 heavy (non-hydrogen) atoms. The summed E-state index contributed by atoms with van der Waals surface area (Å²) >= 11 is 1.12. The number of hydrogen-bond acceptors (Lipinski definition) is 5. The topological polar surface area (TPSA) is 72.7 Å². The number of fused-ring (bicyclic) bond motifs is 1. The van der Waals surface area contributed by atoms with Crippen LogP contribution in [-0.2, 0) is 6.42 Å². The summed E-state index contributed by atoms with van der Waals surface area (Å²) in [4.78, 5) is 17.3. The Balaban J connectivity index is 1.57. The number of aryl methyl sites for hydroxylation is 1. The first kappa shape index (κ1) is 15.5. The molecule has 0 aliphatic rings. The van der Waals surface area contributed by atoms with Gasteiger partial charge in [0, 0.05) is 11.4 Å². The number of nitrogens with zero attached hydrogens (tertiary/aromatic N) is 4. The molecule has 2 aromatic carbocycles. The molecule has 0 spiro atoms. The first-order valence-corrected chi connectivity index (χ1v) is 8.68. The summed E-state index contributed by atoms with van der Waals surface area (Å²) in [5.41, 5.74) is 4.44. The van der Waals surface area contributed by atoms with Crippen LogP contribution in [0.5, 0.6) is 0 Å². The fraction of sp³-hybridized carbons (Fsp3) is 0.111. The lowest BCUT2D eigenvalue weighted by Gasteiger charge is -2.07. The van der Waals surface area contributed by atoms with Crippen LogP contribution in [0.1, 0.15) is 22.3 Å². The van der Waals surface area contributed by atoms with Crippen LogP contribution in [-0.4, -0.2) is 25.0 Å². The zero-order valence-corrected chi connectivity index (χ0v) is 14.3. The Morgan fingerprint density at radius 2 is 1.96 bits per heavy atom. The van der Waals surface area contributed by atoms with E-state index < -0.39 is 0 Å².